The lowest BCUT2D eigenvalue weighted by molar-refractivity contribution is 0.0636. The lowest BCUT2D eigenvalue weighted by Crippen LogP contribution is -2.27. The molecule has 8 heteroatoms. The molecule has 0 bridgehead atoms. The van der Waals surface area contributed by atoms with Gasteiger partial charge in [-0.25, -0.2) is 18.6 Å². The van der Waals surface area contributed by atoms with Gasteiger partial charge in [-0.1, -0.05) is 11.3 Å². The highest BCUT2D eigenvalue weighted by molar-refractivity contribution is 7.16. The number of carbonyl (C=O) groups excluding carboxylic acids is 1. The summed E-state index contributed by atoms with van der Waals surface area (Å²) in [7, 11) is 0. The van der Waals surface area contributed by atoms with Gasteiger partial charge in [0.05, 0.1) is 16.7 Å². The smallest absolute Gasteiger partial charge is 0.413 e. The summed E-state index contributed by atoms with van der Waals surface area (Å²) in [6.45, 7) is 5.22. The summed E-state index contributed by atoms with van der Waals surface area (Å²) in [5, 5.41) is 13.3. The minimum absolute atomic E-state index is 0.119. The third-order valence-corrected chi connectivity index (χ3v) is 4.83. The number of aliphatic hydroxyl groups is 1. The van der Waals surface area contributed by atoms with Crippen molar-refractivity contribution in [1.29, 1.82) is 0 Å². The number of hydrogen-bond acceptors (Lipinski definition) is 5. The molecule has 1 amide bonds. The van der Waals surface area contributed by atoms with Crippen molar-refractivity contribution in [2.75, 3.05) is 5.32 Å². The second kappa shape index (κ2) is 6.92. The minimum atomic E-state index is -0.996. The molecular weight excluding hydrogens is 362 g/mol. The lowest BCUT2D eigenvalue weighted by atomic mass is 10.1. The number of ether oxygens (including phenoxy) is 1. The number of rotatable bonds is 4. The van der Waals surface area contributed by atoms with E-state index in [9.17, 15) is 18.7 Å². The molecule has 1 heterocycles. The summed E-state index contributed by atoms with van der Waals surface area (Å²) >= 11 is 1.11. The monoisotopic (exact) mass is 382 g/mol. The lowest BCUT2D eigenvalue weighted by Gasteiger charge is -2.18. The van der Waals surface area contributed by atoms with Crippen molar-refractivity contribution in [3.63, 3.8) is 0 Å². The fourth-order valence-electron chi connectivity index (χ4n) is 2.45. The maximum atomic E-state index is 13.6. The number of amides is 1. The fraction of sp³-hybridized carbons (Fsp3) is 0.444. The zero-order valence-electron chi connectivity index (χ0n) is 14.7. The van der Waals surface area contributed by atoms with Crippen molar-refractivity contribution in [2.45, 2.75) is 45.3 Å². The van der Waals surface area contributed by atoms with Gasteiger partial charge in [0, 0.05) is 5.56 Å². The maximum Gasteiger partial charge on any atom is 0.413 e. The molecule has 1 aliphatic carbocycles. The standard InChI is InChI=1S/C18H20F2N2O3S/c1-18(2,3)25-17(24)22-16-21-13(10-6-7-11(19)12(20)8-10)15(26-16)14(23)9-4-5-9/h6-9,14,23H,4-5H2,1-3H3,(H,21,22,24). The van der Waals surface area contributed by atoms with Crippen LogP contribution in [0.15, 0.2) is 18.2 Å². The summed E-state index contributed by atoms with van der Waals surface area (Å²) in [4.78, 5) is 16.8. The molecule has 0 aliphatic heterocycles. The van der Waals surface area contributed by atoms with Crippen LogP contribution >= 0.6 is 11.3 Å². The molecule has 1 aromatic heterocycles. The Morgan fingerprint density at radius 1 is 1.35 bits per heavy atom. The van der Waals surface area contributed by atoms with Crippen LogP contribution in [0.5, 0.6) is 0 Å². The summed E-state index contributed by atoms with van der Waals surface area (Å²) in [6.07, 6.45) is 0.358. The number of anilines is 1. The van der Waals surface area contributed by atoms with Gasteiger partial charge in [-0.15, -0.1) is 0 Å². The molecular formula is C18H20F2N2O3S. The van der Waals surface area contributed by atoms with Gasteiger partial charge < -0.3 is 9.84 Å². The average molecular weight is 382 g/mol. The van der Waals surface area contributed by atoms with Crippen LogP contribution in [0.1, 0.15) is 44.6 Å². The average Bonchev–Trinajstić information content (AvgIpc) is 3.29. The van der Waals surface area contributed by atoms with Crippen molar-refractivity contribution < 1.29 is 23.4 Å². The largest absolute Gasteiger partial charge is 0.444 e. The van der Waals surface area contributed by atoms with E-state index < -0.39 is 29.4 Å². The number of thiazole rings is 1. The van der Waals surface area contributed by atoms with Crippen LogP contribution in [0.3, 0.4) is 0 Å². The van der Waals surface area contributed by atoms with E-state index in [4.69, 9.17) is 4.74 Å². The molecule has 5 nitrogen and oxygen atoms in total. The van der Waals surface area contributed by atoms with Gasteiger partial charge >= 0.3 is 6.09 Å². The van der Waals surface area contributed by atoms with Crippen molar-refractivity contribution in [2.24, 2.45) is 5.92 Å². The fourth-order valence-corrected chi connectivity index (χ4v) is 3.51. The molecule has 1 saturated carbocycles. The molecule has 1 fully saturated rings. The van der Waals surface area contributed by atoms with E-state index >= 15 is 0 Å². The van der Waals surface area contributed by atoms with Gasteiger partial charge in [0.25, 0.3) is 0 Å². The SMILES string of the molecule is CC(C)(C)OC(=O)Nc1nc(-c2ccc(F)c(F)c2)c(C(O)C2CC2)s1. The number of aliphatic hydroxyl groups excluding tert-OH is 1. The molecule has 1 aliphatic rings. The minimum Gasteiger partial charge on any atom is -0.444 e. The zero-order valence-corrected chi connectivity index (χ0v) is 15.5. The summed E-state index contributed by atoms with van der Waals surface area (Å²) in [5.41, 5.74) is 0.00658. The van der Waals surface area contributed by atoms with E-state index in [1.54, 1.807) is 20.8 Å². The number of carbonyl (C=O) groups is 1. The van der Waals surface area contributed by atoms with Crippen molar-refractivity contribution >= 4 is 22.6 Å². The van der Waals surface area contributed by atoms with Crippen LogP contribution in [0.2, 0.25) is 0 Å². The predicted octanol–water partition coefficient (Wildman–Crippen LogP) is 4.88. The third-order valence-electron chi connectivity index (χ3n) is 3.79. The highest BCUT2D eigenvalue weighted by Crippen LogP contribution is 2.46. The molecule has 2 aromatic rings. The first-order valence-corrected chi connectivity index (χ1v) is 9.10. The van der Waals surface area contributed by atoms with Crippen molar-refractivity contribution in [3.8, 4) is 11.3 Å². The van der Waals surface area contributed by atoms with Crippen LogP contribution in [0, 0.1) is 17.6 Å². The topological polar surface area (TPSA) is 71.5 Å². The summed E-state index contributed by atoms with van der Waals surface area (Å²) in [5.74, 6) is -1.83. The molecule has 3 rings (SSSR count). The molecule has 26 heavy (non-hydrogen) atoms. The number of halogens is 2. The molecule has 0 radical (unpaired) electrons. The van der Waals surface area contributed by atoms with E-state index in [2.05, 4.69) is 10.3 Å². The number of aromatic nitrogens is 1. The van der Waals surface area contributed by atoms with Gasteiger partial charge in [-0.05, 0) is 57.7 Å². The van der Waals surface area contributed by atoms with Gasteiger partial charge in [0.15, 0.2) is 16.8 Å². The van der Waals surface area contributed by atoms with Crippen LogP contribution in [0.4, 0.5) is 18.7 Å². The van der Waals surface area contributed by atoms with E-state index in [1.165, 1.54) is 6.07 Å². The Morgan fingerprint density at radius 3 is 2.62 bits per heavy atom. The Balaban J connectivity index is 1.92. The van der Waals surface area contributed by atoms with Crippen LogP contribution < -0.4 is 5.32 Å². The second-order valence-electron chi connectivity index (χ2n) is 7.27. The first-order valence-electron chi connectivity index (χ1n) is 8.28. The van der Waals surface area contributed by atoms with E-state index in [0.717, 1.165) is 36.3 Å². The predicted molar refractivity (Wildman–Crippen MR) is 95.0 cm³/mol. The molecule has 1 atom stereocenters. The first kappa shape index (κ1) is 18.7. The molecule has 0 spiro atoms. The normalized spacial score (nSPS) is 15.6. The Morgan fingerprint density at radius 2 is 2.04 bits per heavy atom. The van der Waals surface area contributed by atoms with E-state index in [0.29, 0.717) is 16.1 Å². The van der Waals surface area contributed by atoms with Gasteiger partial charge in [-0.3, -0.25) is 5.32 Å². The summed E-state index contributed by atoms with van der Waals surface area (Å²) < 4.78 is 32.0. The Bertz CT molecular complexity index is 828. The zero-order chi connectivity index (χ0) is 19.1. The maximum absolute atomic E-state index is 13.6. The number of benzene rings is 1. The Hall–Kier alpha value is -2.06. The van der Waals surface area contributed by atoms with Gasteiger partial charge in [0.1, 0.15) is 5.60 Å². The number of nitrogens with zero attached hydrogens (tertiary/aromatic N) is 1. The van der Waals surface area contributed by atoms with E-state index in [1.807, 2.05) is 0 Å². The molecule has 2 N–H and O–H groups in total. The number of hydrogen-bond donors (Lipinski definition) is 2. The van der Waals surface area contributed by atoms with E-state index in [-0.39, 0.29) is 11.0 Å². The number of nitrogens with one attached hydrogen (secondary N) is 1. The third kappa shape index (κ3) is 4.37. The quantitative estimate of drug-likeness (QED) is 0.791. The van der Waals surface area contributed by atoms with Crippen LogP contribution in [-0.4, -0.2) is 21.8 Å². The molecule has 1 unspecified atom stereocenters. The molecule has 1 aromatic carbocycles. The highest BCUT2D eigenvalue weighted by atomic mass is 32.1. The van der Waals surface area contributed by atoms with Crippen molar-refractivity contribution in [3.05, 3.63) is 34.7 Å². The molecule has 140 valence electrons. The van der Waals surface area contributed by atoms with Crippen molar-refractivity contribution in [1.82, 2.24) is 4.98 Å². The highest BCUT2D eigenvalue weighted by Gasteiger charge is 2.34. The second-order valence-corrected chi connectivity index (χ2v) is 8.30. The summed E-state index contributed by atoms with van der Waals surface area (Å²) in [6, 6.07) is 3.44. The molecule has 0 saturated heterocycles. The Labute approximate surface area is 154 Å². The Kier molecular flexibility index (Phi) is 4.98. The van der Waals surface area contributed by atoms with Gasteiger partial charge in [-0.2, -0.15) is 0 Å². The van der Waals surface area contributed by atoms with Crippen LogP contribution in [-0.2, 0) is 4.74 Å². The van der Waals surface area contributed by atoms with Gasteiger partial charge in [0.2, 0.25) is 0 Å². The van der Waals surface area contributed by atoms with Crippen LogP contribution in [0.25, 0.3) is 11.3 Å². The first-order chi connectivity index (χ1) is 12.1.